The fraction of sp³-hybridized carbons (Fsp3) is 0.385. The molecule has 1 rings (SSSR count). The van der Waals surface area contributed by atoms with E-state index in [4.69, 9.17) is 5.11 Å². The maximum absolute atomic E-state index is 9.00. The molecule has 2 nitrogen and oxygen atoms in total. The first-order valence-electron chi connectivity index (χ1n) is 5.33. The molecule has 0 aromatic heterocycles. The molecule has 2 heteroatoms. The van der Waals surface area contributed by atoms with E-state index < -0.39 is 0 Å². The first-order valence-corrected chi connectivity index (χ1v) is 5.33. The summed E-state index contributed by atoms with van der Waals surface area (Å²) < 4.78 is 0. The van der Waals surface area contributed by atoms with Gasteiger partial charge in [0.25, 0.3) is 0 Å². The van der Waals surface area contributed by atoms with Crippen LogP contribution in [0.2, 0.25) is 0 Å². The minimum absolute atomic E-state index is 0.0938. The number of hydrogen-bond donors (Lipinski definition) is 2. The molecule has 0 bridgehead atoms. The molecule has 1 aromatic rings. The third-order valence-electron chi connectivity index (χ3n) is 2.33. The highest BCUT2D eigenvalue weighted by Crippen LogP contribution is 2.13. The molecular formula is C13H19NO. The Balaban J connectivity index is 2.51. The summed E-state index contributed by atoms with van der Waals surface area (Å²) in [5.41, 5.74) is 2.01. The van der Waals surface area contributed by atoms with Crippen LogP contribution >= 0.6 is 0 Å². The van der Waals surface area contributed by atoms with Gasteiger partial charge in [-0.15, -0.1) is 6.58 Å². The van der Waals surface area contributed by atoms with E-state index in [1.807, 2.05) is 30.3 Å². The number of rotatable bonds is 6. The lowest BCUT2D eigenvalue weighted by Gasteiger charge is -2.14. The maximum atomic E-state index is 9.00. The standard InChI is InChI=1S/C13H19NO/c1-3-4-6-11(2)14-13-8-5-7-12(9-13)10-15/h3,5,7-9,11,14-15H,1,4,6,10H2,2H3. The van der Waals surface area contributed by atoms with E-state index in [9.17, 15) is 0 Å². The van der Waals surface area contributed by atoms with Crippen molar-refractivity contribution in [3.05, 3.63) is 42.5 Å². The Morgan fingerprint density at radius 1 is 1.53 bits per heavy atom. The molecule has 1 unspecified atom stereocenters. The highest BCUT2D eigenvalue weighted by molar-refractivity contribution is 5.46. The van der Waals surface area contributed by atoms with Gasteiger partial charge in [0.05, 0.1) is 6.61 Å². The van der Waals surface area contributed by atoms with Gasteiger partial charge in [-0.3, -0.25) is 0 Å². The molecule has 0 aliphatic heterocycles. The zero-order valence-electron chi connectivity index (χ0n) is 9.24. The van der Waals surface area contributed by atoms with Crippen molar-refractivity contribution in [3.8, 4) is 0 Å². The van der Waals surface area contributed by atoms with E-state index in [0.717, 1.165) is 24.1 Å². The van der Waals surface area contributed by atoms with Crippen molar-refractivity contribution in [3.63, 3.8) is 0 Å². The minimum atomic E-state index is 0.0938. The largest absolute Gasteiger partial charge is 0.392 e. The van der Waals surface area contributed by atoms with Crippen LogP contribution in [0.4, 0.5) is 5.69 Å². The Morgan fingerprint density at radius 3 is 3.00 bits per heavy atom. The Bertz CT molecular complexity index is 309. The van der Waals surface area contributed by atoms with E-state index in [1.54, 1.807) is 0 Å². The van der Waals surface area contributed by atoms with Gasteiger partial charge in [-0.1, -0.05) is 18.2 Å². The minimum Gasteiger partial charge on any atom is -0.392 e. The van der Waals surface area contributed by atoms with Gasteiger partial charge >= 0.3 is 0 Å². The number of benzene rings is 1. The molecule has 15 heavy (non-hydrogen) atoms. The molecule has 1 atom stereocenters. The van der Waals surface area contributed by atoms with Crippen molar-refractivity contribution in [1.29, 1.82) is 0 Å². The third-order valence-corrected chi connectivity index (χ3v) is 2.33. The number of allylic oxidation sites excluding steroid dienone is 1. The van der Waals surface area contributed by atoms with Gasteiger partial charge in [0.1, 0.15) is 0 Å². The van der Waals surface area contributed by atoms with Crippen molar-refractivity contribution in [2.75, 3.05) is 5.32 Å². The monoisotopic (exact) mass is 205 g/mol. The van der Waals surface area contributed by atoms with Crippen LogP contribution in [0.1, 0.15) is 25.3 Å². The Labute approximate surface area is 91.6 Å². The lowest BCUT2D eigenvalue weighted by molar-refractivity contribution is 0.282. The number of aliphatic hydroxyl groups is 1. The van der Waals surface area contributed by atoms with Crippen molar-refractivity contribution < 1.29 is 5.11 Å². The number of hydrogen-bond acceptors (Lipinski definition) is 2. The molecule has 0 saturated heterocycles. The van der Waals surface area contributed by atoms with Gasteiger partial charge in [-0.05, 0) is 37.5 Å². The number of aliphatic hydroxyl groups excluding tert-OH is 1. The molecule has 0 amide bonds. The first kappa shape index (κ1) is 11.8. The zero-order valence-corrected chi connectivity index (χ0v) is 9.24. The Hall–Kier alpha value is -1.28. The maximum Gasteiger partial charge on any atom is 0.0682 e. The summed E-state index contributed by atoms with van der Waals surface area (Å²) in [6.45, 7) is 5.95. The zero-order chi connectivity index (χ0) is 11.1. The summed E-state index contributed by atoms with van der Waals surface area (Å²) in [5, 5.41) is 12.4. The van der Waals surface area contributed by atoms with Crippen molar-refractivity contribution in [2.45, 2.75) is 32.4 Å². The van der Waals surface area contributed by atoms with Gasteiger partial charge in [-0.25, -0.2) is 0 Å². The first-order chi connectivity index (χ1) is 7.26. The van der Waals surface area contributed by atoms with E-state index in [0.29, 0.717) is 6.04 Å². The molecule has 0 fully saturated rings. The van der Waals surface area contributed by atoms with E-state index in [-0.39, 0.29) is 6.61 Å². The molecular weight excluding hydrogens is 186 g/mol. The van der Waals surface area contributed by atoms with E-state index >= 15 is 0 Å². The van der Waals surface area contributed by atoms with Crippen LogP contribution in [0.3, 0.4) is 0 Å². The quantitative estimate of drug-likeness (QED) is 0.700. The second-order valence-corrected chi connectivity index (χ2v) is 3.77. The summed E-state index contributed by atoms with van der Waals surface area (Å²) in [6.07, 6.45) is 4.03. The lowest BCUT2D eigenvalue weighted by atomic mass is 10.1. The van der Waals surface area contributed by atoms with Crippen molar-refractivity contribution >= 4 is 5.69 Å². The summed E-state index contributed by atoms with van der Waals surface area (Å²) >= 11 is 0. The van der Waals surface area contributed by atoms with Crippen LogP contribution in [-0.2, 0) is 6.61 Å². The SMILES string of the molecule is C=CCCC(C)Nc1cccc(CO)c1. The summed E-state index contributed by atoms with van der Waals surface area (Å²) in [4.78, 5) is 0. The van der Waals surface area contributed by atoms with Gasteiger partial charge in [-0.2, -0.15) is 0 Å². The number of nitrogens with one attached hydrogen (secondary N) is 1. The summed E-state index contributed by atoms with van der Waals surface area (Å²) in [5.74, 6) is 0. The highest BCUT2D eigenvalue weighted by atomic mass is 16.3. The topological polar surface area (TPSA) is 32.3 Å². The molecule has 1 aromatic carbocycles. The molecule has 0 aliphatic carbocycles. The smallest absolute Gasteiger partial charge is 0.0682 e. The second-order valence-electron chi connectivity index (χ2n) is 3.77. The van der Waals surface area contributed by atoms with Crippen LogP contribution in [0.5, 0.6) is 0 Å². The average molecular weight is 205 g/mol. The molecule has 0 radical (unpaired) electrons. The van der Waals surface area contributed by atoms with Crippen LogP contribution in [0.25, 0.3) is 0 Å². The van der Waals surface area contributed by atoms with E-state index in [2.05, 4.69) is 18.8 Å². The summed E-state index contributed by atoms with van der Waals surface area (Å²) in [7, 11) is 0. The van der Waals surface area contributed by atoms with Crippen molar-refractivity contribution in [1.82, 2.24) is 0 Å². The van der Waals surface area contributed by atoms with Crippen molar-refractivity contribution in [2.24, 2.45) is 0 Å². The highest BCUT2D eigenvalue weighted by Gasteiger charge is 2.00. The van der Waals surface area contributed by atoms with Gasteiger partial charge in [0, 0.05) is 11.7 Å². The fourth-order valence-electron chi connectivity index (χ4n) is 1.48. The normalized spacial score (nSPS) is 12.1. The van der Waals surface area contributed by atoms with Crippen LogP contribution in [0, 0.1) is 0 Å². The fourth-order valence-corrected chi connectivity index (χ4v) is 1.48. The average Bonchev–Trinajstić information content (AvgIpc) is 2.26. The molecule has 0 saturated carbocycles. The van der Waals surface area contributed by atoms with Gasteiger partial charge in [0.15, 0.2) is 0 Å². The van der Waals surface area contributed by atoms with Gasteiger partial charge in [0.2, 0.25) is 0 Å². The third kappa shape index (κ3) is 4.17. The van der Waals surface area contributed by atoms with Gasteiger partial charge < -0.3 is 10.4 Å². The predicted molar refractivity (Wildman–Crippen MR) is 64.9 cm³/mol. The molecule has 82 valence electrons. The predicted octanol–water partition coefficient (Wildman–Crippen LogP) is 2.95. The van der Waals surface area contributed by atoms with Crippen LogP contribution in [-0.4, -0.2) is 11.1 Å². The van der Waals surface area contributed by atoms with E-state index in [1.165, 1.54) is 0 Å². The molecule has 0 heterocycles. The number of anilines is 1. The Kier molecular flexibility index (Phi) is 4.91. The molecule has 0 aliphatic rings. The summed E-state index contributed by atoms with van der Waals surface area (Å²) in [6, 6.07) is 8.29. The molecule has 2 N–H and O–H groups in total. The van der Waals surface area contributed by atoms with Crippen LogP contribution in [0.15, 0.2) is 36.9 Å². The lowest BCUT2D eigenvalue weighted by Crippen LogP contribution is -2.14. The second kappa shape index (κ2) is 6.25. The Morgan fingerprint density at radius 2 is 2.33 bits per heavy atom. The molecule has 0 spiro atoms. The van der Waals surface area contributed by atoms with Crippen LogP contribution < -0.4 is 5.32 Å².